The summed E-state index contributed by atoms with van der Waals surface area (Å²) in [4.78, 5) is 11.3. The molecule has 0 aliphatic heterocycles. The van der Waals surface area contributed by atoms with Crippen molar-refractivity contribution in [3.8, 4) is 0 Å². The molecule has 1 aromatic carbocycles. The molecule has 6 nitrogen and oxygen atoms in total. The Bertz CT molecular complexity index is 632. The highest BCUT2D eigenvalue weighted by Crippen LogP contribution is 2.51. The molecule has 0 bridgehead atoms. The van der Waals surface area contributed by atoms with Crippen molar-refractivity contribution < 1.29 is 18.8 Å². The first kappa shape index (κ1) is 19.4. The predicted molar refractivity (Wildman–Crippen MR) is 95.1 cm³/mol. The fourth-order valence-corrected chi connectivity index (χ4v) is 4.06. The molecule has 0 aliphatic carbocycles. The van der Waals surface area contributed by atoms with Crippen molar-refractivity contribution in [3.05, 3.63) is 47.7 Å². The highest BCUT2D eigenvalue weighted by molar-refractivity contribution is 8.11. The minimum atomic E-state index is -2.69. The third kappa shape index (κ3) is 6.95. The molecule has 0 heterocycles. The molecule has 0 spiro atoms. The molecule has 0 saturated carbocycles. The zero-order valence-corrected chi connectivity index (χ0v) is 15.1. The van der Waals surface area contributed by atoms with Crippen LogP contribution in [-0.2, 0) is 30.6 Å². The van der Waals surface area contributed by atoms with Crippen LogP contribution in [0.5, 0.6) is 0 Å². The lowest BCUT2D eigenvalue weighted by Gasteiger charge is -2.20. The van der Waals surface area contributed by atoms with E-state index in [9.17, 15) is 4.79 Å². The van der Waals surface area contributed by atoms with Crippen LogP contribution in [0.2, 0.25) is 0 Å². The van der Waals surface area contributed by atoms with Crippen LogP contribution in [0.25, 0.3) is 0 Å². The molecule has 0 amide bonds. The number of nitrogens with two attached hydrogens (primary N) is 1. The summed E-state index contributed by atoms with van der Waals surface area (Å²) in [6.45, 7) is 2.01. The van der Waals surface area contributed by atoms with Gasteiger partial charge in [-0.25, -0.2) is 4.79 Å². The third-order valence-electron chi connectivity index (χ3n) is 2.72. The molecule has 1 rings (SSSR count). The van der Waals surface area contributed by atoms with Gasteiger partial charge in [-0.3, -0.25) is 0 Å². The number of carbonyl (C=O) groups is 1. The average molecular weight is 356 g/mol. The smallest absolute Gasteiger partial charge is 0.333 e. The number of carbonyl (C=O) groups excluding carboxylic acids is 1. The largest absolute Gasteiger partial charge is 0.466 e. The van der Waals surface area contributed by atoms with Crippen LogP contribution < -0.4 is 5.73 Å². The first-order valence-corrected chi connectivity index (χ1v) is 9.71. The molecule has 0 fully saturated rings. The number of allylic oxidation sites excluding steroid dienone is 1. The van der Waals surface area contributed by atoms with Crippen LogP contribution >= 0.6 is 6.42 Å². The van der Waals surface area contributed by atoms with Gasteiger partial charge in [0.15, 0.2) is 0 Å². The number of methoxy groups -OCH3 is 2. The van der Waals surface area contributed by atoms with E-state index >= 15 is 0 Å². The van der Waals surface area contributed by atoms with E-state index in [1.54, 1.807) is 14.0 Å². The zero-order chi connectivity index (χ0) is 17.3. The Balaban J connectivity index is 3.04. The maximum Gasteiger partial charge on any atom is 0.333 e. The Morgan fingerprint density at radius 3 is 2.57 bits per heavy atom. The number of benzene rings is 1. The predicted octanol–water partition coefficient (Wildman–Crippen LogP) is 2.44. The van der Waals surface area contributed by atoms with Crippen LogP contribution in [0.15, 0.2) is 46.9 Å². The van der Waals surface area contributed by atoms with Gasteiger partial charge in [-0.2, -0.15) is 4.76 Å². The van der Waals surface area contributed by atoms with Gasteiger partial charge < -0.3 is 19.7 Å². The Kier molecular flexibility index (Phi) is 7.95. The second-order valence-electron chi connectivity index (χ2n) is 4.57. The summed E-state index contributed by atoms with van der Waals surface area (Å²) in [7, 11) is 2.86. The van der Waals surface area contributed by atoms with E-state index in [4.69, 9.17) is 26.8 Å². The van der Waals surface area contributed by atoms with Gasteiger partial charge in [0, 0.05) is 12.7 Å². The van der Waals surface area contributed by atoms with E-state index in [2.05, 4.69) is 9.50 Å². The quantitative estimate of drug-likeness (QED) is 0.192. The van der Waals surface area contributed by atoms with Gasteiger partial charge in [0.25, 0.3) is 0 Å². The van der Waals surface area contributed by atoms with Gasteiger partial charge in [-0.05, 0) is 18.7 Å². The van der Waals surface area contributed by atoms with Gasteiger partial charge >= 0.3 is 5.97 Å². The van der Waals surface area contributed by atoms with Gasteiger partial charge in [0.1, 0.15) is 11.6 Å². The molecule has 1 atom stereocenters. The Morgan fingerprint density at radius 2 is 2.00 bits per heavy atom. The minimum absolute atomic E-state index is 0.302. The third-order valence-corrected chi connectivity index (χ3v) is 5.57. The van der Waals surface area contributed by atoms with Crippen molar-refractivity contribution in [3.63, 3.8) is 0 Å². The van der Waals surface area contributed by atoms with Crippen molar-refractivity contribution in [2.24, 2.45) is 10.5 Å². The van der Waals surface area contributed by atoms with E-state index in [0.717, 1.165) is 5.56 Å². The van der Waals surface area contributed by atoms with E-state index < -0.39 is 12.4 Å². The summed E-state index contributed by atoms with van der Waals surface area (Å²) in [6.07, 6.45) is -1.06. The van der Waals surface area contributed by atoms with Crippen molar-refractivity contribution in [2.75, 3.05) is 27.0 Å². The summed E-state index contributed by atoms with van der Waals surface area (Å²) >= 11 is 5.56. The van der Waals surface area contributed by atoms with Gasteiger partial charge in [-0.1, -0.05) is 30.3 Å². The molecule has 126 valence electrons. The van der Waals surface area contributed by atoms with Crippen LogP contribution in [0, 0.1) is 0 Å². The summed E-state index contributed by atoms with van der Waals surface area (Å²) in [6, 6.07) is 9.29. The number of nitrogens with zero attached hydrogens (tertiary/aromatic N) is 1. The maximum atomic E-state index is 11.3. The standard InChI is InChI=1S/C15H21N2O4PS/c1-12(11-14(18)20-3)21-22(23,10-9-19-2)17-15(16)13-7-5-4-6-8-13/h4-8,11H,9-10H2,1-3H3,(H2,16,17,23). The number of hydrogen-bond donors (Lipinski definition) is 1. The SMILES string of the molecule is COCCP(=S)(N=C(N)c1ccccc1)OC(C)=CC(=O)OC. The summed E-state index contributed by atoms with van der Waals surface area (Å²) in [5.41, 5.74) is 6.80. The Labute approximate surface area is 141 Å². The van der Waals surface area contributed by atoms with Gasteiger partial charge in [0.05, 0.1) is 26.0 Å². The second kappa shape index (κ2) is 9.45. The lowest BCUT2D eigenvalue weighted by Crippen LogP contribution is -2.14. The first-order valence-electron chi connectivity index (χ1n) is 6.85. The van der Waals surface area contributed by atoms with Crippen molar-refractivity contribution in [1.82, 2.24) is 0 Å². The lowest BCUT2D eigenvalue weighted by molar-refractivity contribution is -0.135. The summed E-state index contributed by atoms with van der Waals surface area (Å²) in [5, 5.41) is 0. The van der Waals surface area contributed by atoms with E-state index in [1.165, 1.54) is 13.2 Å². The molecular formula is C15H21N2O4PS. The lowest BCUT2D eigenvalue weighted by atomic mass is 10.2. The van der Waals surface area contributed by atoms with Gasteiger partial charge in [-0.15, -0.1) is 0 Å². The fourth-order valence-electron chi connectivity index (χ4n) is 1.63. The maximum absolute atomic E-state index is 11.3. The molecule has 8 heteroatoms. The van der Waals surface area contributed by atoms with Gasteiger partial charge in [0.2, 0.25) is 6.42 Å². The number of rotatable bonds is 8. The van der Waals surface area contributed by atoms with Crippen molar-refractivity contribution in [2.45, 2.75) is 6.92 Å². The highest BCUT2D eigenvalue weighted by atomic mass is 32.4. The average Bonchev–Trinajstić information content (AvgIpc) is 2.53. The van der Waals surface area contributed by atoms with E-state index in [1.807, 2.05) is 30.3 Å². The minimum Gasteiger partial charge on any atom is -0.466 e. The summed E-state index contributed by atoms with van der Waals surface area (Å²) < 4.78 is 19.8. The molecule has 0 aliphatic rings. The first-order chi connectivity index (χ1) is 10.9. The molecule has 0 radical (unpaired) electrons. The molecule has 1 aromatic rings. The number of esters is 1. The number of hydrogen-bond acceptors (Lipinski definition) is 5. The van der Waals surface area contributed by atoms with Crippen LogP contribution in [-0.4, -0.2) is 38.8 Å². The second-order valence-corrected chi connectivity index (χ2v) is 8.39. The van der Waals surface area contributed by atoms with Crippen LogP contribution in [0.1, 0.15) is 12.5 Å². The fraction of sp³-hybridized carbons (Fsp3) is 0.333. The van der Waals surface area contributed by atoms with Crippen molar-refractivity contribution >= 4 is 30.0 Å². The molecule has 2 N–H and O–H groups in total. The number of amidine groups is 1. The normalized spacial score (nSPS) is 14.9. The molecular weight excluding hydrogens is 335 g/mol. The Hall–Kier alpha value is -1.69. The molecule has 0 aromatic heterocycles. The van der Waals surface area contributed by atoms with E-state index in [0.29, 0.717) is 24.4 Å². The summed E-state index contributed by atoms with van der Waals surface area (Å²) in [5.74, 6) is 0.118. The van der Waals surface area contributed by atoms with Crippen LogP contribution in [0.3, 0.4) is 0 Å². The van der Waals surface area contributed by atoms with Crippen molar-refractivity contribution in [1.29, 1.82) is 0 Å². The molecule has 1 unspecified atom stereocenters. The Morgan fingerprint density at radius 1 is 1.35 bits per heavy atom. The molecule has 0 saturated heterocycles. The van der Waals surface area contributed by atoms with Crippen LogP contribution in [0.4, 0.5) is 0 Å². The molecule has 23 heavy (non-hydrogen) atoms. The van der Waals surface area contributed by atoms with E-state index in [-0.39, 0.29) is 0 Å². The topological polar surface area (TPSA) is 83.1 Å². The monoisotopic (exact) mass is 356 g/mol. The highest BCUT2D eigenvalue weighted by Gasteiger charge is 2.20. The number of ether oxygens (including phenoxy) is 2. The zero-order valence-electron chi connectivity index (χ0n) is 13.4.